The molecule has 5 aromatic rings. The van der Waals surface area contributed by atoms with Crippen molar-refractivity contribution in [2.45, 2.75) is 37.0 Å². The Morgan fingerprint density at radius 1 is 0.674 bits per heavy atom. The van der Waals surface area contributed by atoms with E-state index in [1.807, 2.05) is 67.6 Å². The molecule has 5 nitrogen and oxygen atoms in total. The molecule has 43 heavy (non-hydrogen) atoms. The minimum Gasteiger partial charge on any atom is -0.360 e. The van der Waals surface area contributed by atoms with Crippen LogP contribution in [0.15, 0.2) is 114 Å². The van der Waals surface area contributed by atoms with Gasteiger partial charge >= 0.3 is 5.04 Å². The van der Waals surface area contributed by atoms with Gasteiger partial charge in [0.15, 0.2) is 0 Å². The fraction of sp³-hybridized carbons (Fsp3) is 0.135. The lowest BCUT2D eigenvalue weighted by molar-refractivity contribution is -0.120. The molecule has 0 radical (unpaired) electrons. The standard InChI is InChI=1S/C37H28N2O3S/c1-23-17-19-26(20-18-23)43(41,42)36(39-38)35(40)37(2,33-15-7-13-29-27-11-5-3-9-24(27)21-31(29)33)34-16-8-14-30-28-12-6-4-10-25(28)22-32(30)34/h3-20H,21-22H2,1-2H3. The van der Waals surface area contributed by atoms with E-state index in [9.17, 15) is 18.7 Å². The molecule has 0 heterocycles. The first-order valence-electron chi connectivity index (χ1n) is 14.2. The lowest BCUT2D eigenvalue weighted by atomic mass is 9.68. The van der Waals surface area contributed by atoms with Gasteiger partial charge in [-0.05, 0) is 94.5 Å². The van der Waals surface area contributed by atoms with Gasteiger partial charge in [0.1, 0.15) is 0 Å². The smallest absolute Gasteiger partial charge is 0.360 e. The van der Waals surface area contributed by atoms with Crippen molar-refractivity contribution >= 4 is 20.7 Å². The molecular formula is C37H28N2O3S. The van der Waals surface area contributed by atoms with Gasteiger partial charge in [-0.25, -0.2) is 8.42 Å². The van der Waals surface area contributed by atoms with Crippen LogP contribution in [0.2, 0.25) is 0 Å². The second-order valence-corrected chi connectivity index (χ2v) is 13.4. The van der Waals surface area contributed by atoms with Gasteiger partial charge in [0.25, 0.3) is 15.6 Å². The molecule has 2 aliphatic rings. The Bertz CT molecular complexity index is 2040. The SMILES string of the molecule is Cc1ccc(S(=O)(=O)C(=[N+]=[N-])C(=O)C(C)(c2cccc3c2Cc2ccccc2-3)c2cccc3c2Cc2ccccc2-3)cc1. The molecule has 0 aliphatic heterocycles. The molecule has 0 fully saturated rings. The van der Waals surface area contributed by atoms with Crippen molar-refractivity contribution in [2.24, 2.45) is 0 Å². The Balaban J connectivity index is 1.49. The van der Waals surface area contributed by atoms with Crippen LogP contribution in [-0.4, -0.2) is 24.0 Å². The van der Waals surface area contributed by atoms with Crippen molar-refractivity contribution in [3.8, 4) is 22.3 Å². The zero-order chi connectivity index (χ0) is 29.9. The van der Waals surface area contributed by atoms with E-state index >= 15 is 0 Å². The Morgan fingerprint density at radius 3 is 1.63 bits per heavy atom. The van der Waals surface area contributed by atoms with Crippen LogP contribution in [0.5, 0.6) is 0 Å². The Labute approximate surface area is 251 Å². The highest BCUT2D eigenvalue weighted by atomic mass is 32.2. The highest BCUT2D eigenvalue weighted by molar-refractivity contribution is 8.08. The number of aryl methyl sites for hydroxylation is 1. The van der Waals surface area contributed by atoms with E-state index in [1.54, 1.807) is 19.1 Å². The van der Waals surface area contributed by atoms with Gasteiger partial charge in [-0.3, -0.25) is 4.79 Å². The third-order valence-electron chi connectivity index (χ3n) is 9.10. The van der Waals surface area contributed by atoms with Gasteiger partial charge in [0, 0.05) is 0 Å². The number of sulfone groups is 1. The number of rotatable bonds is 5. The first-order valence-corrected chi connectivity index (χ1v) is 15.7. The molecule has 210 valence electrons. The van der Waals surface area contributed by atoms with E-state index in [2.05, 4.69) is 29.1 Å². The lowest BCUT2D eigenvalue weighted by Gasteiger charge is -2.31. The van der Waals surface area contributed by atoms with Crippen LogP contribution >= 0.6 is 0 Å². The Morgan fingerprint density at radius 2 is 1.14 bits per heavy atom. The minimum atomic E-state index is -4.45. The number of hydrogen-bond acceptors (Lipinski definition) is 3. The number of fused-ring (bicyclic) bond motifs is 6. The van der Waals surface area contributed by atoms with E-state index < -0.39 is 26.1 Å². The first-order chi connectivity index (χ1) is 20.7. The van der Waals surface area contributed by atoms with Gasteiger partial charge < -0.3 is 5.53 Å². The Hall–Kier alpha value is -4.90. The fourth-order valence-electron chi connectivity index (χ4n) is 6.91. The van der Waals surface area contributed by atoms with Crippen LogP contribution in [0, 0.1) is 6.92 Å². The van der Waals surface area contributed by atoms with Crippen molar-refractivity contribution in [3.05, 3.63) is 154 Å². The molecule has 0 N–H and O–H groups in total. The zero-order valence-electron chi connectivity index (χ0n) is 23.8. The molecule has 7 rings (SSSR count). The van der Waals surface area contributed by atoms with Crippen molar-refractivity contribution in [2.75, 3.05) is 0 Å². The average molecular weight is 581 g/mol. The van der Waals surface area contributed by atoms with Gasteiger partial charge in [-0.15, -0.1) is 4.79 Å². The molecule has 0 aromatic heterocycles. The second-order valence-electron chi connectivity index (χ2n) is 11.5. The maximum atomic E-state index is 15.0. The lowest BCUT2D eigenvalue weighted by Crippen LogP contribution is -2.43. The number of nitrogens with zero attached hydrogens (tertiary/aromatic N) is 2. The quantitative estimate of drug-likeness (QED) is 0.0940. The van der Waals surface area contributed by atoms with Gasteiger partial charge in [0.2, 0.25) is 0 Å². The fourth-order valence-corrected chi connectivity index (χ4v) is 8.18. The second kappa shape index (κ2) is 9.84. The molecule has 0 atom stereocenters. The third-order valence-corrected chi connectivity index (χ3v) is 10.8. The Kier molecular flexibility index (Phi) is 6.17. The molecule has 0 spiro atoms. The molecular weight excluding hydrogens is 552 g/mol. The van der Waals surface area contributed by atoms with E-state index in [-0.39, 0.29) is 4.90 Å². The molecule has 5 aromatic carbocycles. The summed E-state index contributed by atoms with van der Waals surface area (Å²) in [4.78, 5) is 18.1. The van der Waals surface area contributed by atoms with E-state index in [1.165, 1.54) is 12.1 Å². The van der Waals surface area contributed by atoms with Crippen LogP contribution in [-0.2, 0) is 32.9 Å². The summed E-state index contributed by atoms with van der Waals surface area (Å²) in [5.41, 5.74) is 19.5. The van der Waals surface area contributed by atoms with E-state index in [0.717, 1.165) is 50.1 Å². The molecule has 6 heteroatoms. The van der Waals surface area contributed by atoms with Crippen molar-refractivity contribution in [3.63, 3.8) is 0 Å². The summed E-state index contributed by atoms with van der Waals surface area (Å²) in [7, 11) is -4.45. The third kappa shape index (κ3) is 3.98. The van der Waals surface area contributed by atoms with Crippen LogP contribution in [0.25, 0.3) is 27.8 Å². The average Bonchev–Trinajstić information content (AvgIpc) is 3.59. The predicted octanol–water partition coefficient (Wildman–Crippen LogP) is 7.11. The van der Waals surface area contributed by atoms with E-state index in [0.29, 0.717) is 24.0 Å². The first kappa shape index (κ1) is 27.0. The number of ketones is 1. The largest absolute Gasteiger partial charge is 0.453 e. The molecule has 2 aliphatic carbocycles. The summed E-state index contributed by atoms with van der Waals surface area (Å²) < 4.78 is 27.9. The number of carbonyl (C=O) groups is 1. The summed E-state index contributed by atoms with van der Waals surface area (Å²) >= 11 is 0. The topological polar surface area (TPSA) is 87.6 Å². The van der Waals surface area contributed by atoms with Gasteiger partial charge in [-0.1, -0.05) is 103 Å². The van der Waals surface area contributed by atoms with Crippen LogP contribution < -0.4 is 0 Å². The van der Waals surface area contributed by atoms with Crippen LogP contribution in [0.3, 0.4) is 0 Å². The normalized spacial score (nSPS) is 13.0. The molecule has 0 amide bonds. The summed E-state index contributed by atoms with van der Waals surface area (Å²) in [6.45, 7) is 3.63. The molecule has 0 bridgehead atoms. The number of benzene rings is 5. The highest BCUT2D eigenvalue weighted by Gasteiger charge is 2.52. The zero-order valence-corrected chi connectivity index (χ0v) is 24.7. The van der Waals surface area contributed by atoms with Crippen molar-refractivity contribution < 1.29 is 18.0 Å². The minimum absolute atomic E-state index is 0.0991. The monoisotopic (exact) mass is 580 g/mol. The van der Waals surface area contributed by atoms with Crippen molar-refractivity contribution in [1.82, 2.24) is 0 Å². The molecule has 0 unspecified atom stereocenters. The van der Waals surface area contributed by atoms with Crippen LogP contribution in [0.1, 0.15) is 45.9 Å². The van der Waals surface area contributed by atoms with Gasteiger partial charge in [-0.2, -0.15) is 0 Å². The molecule has 0 saturated heterocycles. The van der Waals surface area contributed by atoms with Crippen molar-refractivity contribution in [1.29, 1.82) is 0 Å². The van der Waals surface area contributed by atoms with Crippen LogP contribution in [0.4, 0.5) is 0 Å². The summed E-state index contributed by atoms with van der Waals surface area (Å²) in [5, 5.41) is -0.875. The summed E-state index contributed by atoms with van der Waals surface area (Å²) in [6, 6.07) is 34.3. The number of carbonyl (C=O) groups excluding carboxylic acids is 1. The van der Waals surface area contributed by atoms with Gasteiger partial charge in [0.05, 0.1) is 10.3 Å². The number of Topliss-reactive ketones (excluding diaryl/α,β-unsaturated/α-hetero) is 1. The predicted molar refractivity (Wildman–Crippen MR) is 168 cm³/mol. The maximum Gasteiger partial charge on any atom is 0.453 e. The maximum absolute atomic E-state index is 15.0. The number of hydrogen-bond donors (Lipinski definition) is 0. The highest BCUT2D eigenvalue weighted by Crippen LogP contribution is 2.48. The summed E-state index contributed by atoms with van der Waals surface area (Å²) in [6.07, 6.45) is 1.21. The summed E-state index contributed by atoms with van der Waals surface area (Å²) in [5.74, 6) is -0.774. The molecule has 0 saturated carbocycles. The van der Waals surface area contributed by atoms with E-state index in [4.69, 9.17) is 0 Å².